The highest BCUT2D eigenvalue weighted by Crippen LogP contribution is 2.30. The van der Waals surface area contributed by atoms with Crippen molar-refractivity contribution < 1.29 is 13.2 Å². The van der Waals surface area contributed by atoms with E-state index >= 15 is 0 Å². The van der Waals surface area contributed by atoms with E-state index in [0.29, 0.717) is 30.3 Å². The van der Waals surface area contributed by atoms with Crippen LogP contribution in [0, 0.1) is 19.8 Å². The van der Waals surface area contributed by atoms with Crippen LogP contribution >= 0.6 is 0 Å². The van der Waals surface area contributed by atoms with Gasteiger partial charge in [0.25, 0.3) is 0 Å². The van der Waals surface area contributed by atoms with E-state index in [1.165, 1.54) is 0 Å². The van der Waals surface area contributed by atoms with Crippen molar-refractivity contribution in [3.05, 3.63) is 23.3 Å². The second-order valence-electron chi connectivity index (χ2n) is 5.34. The first-order valence-corrected chi connectivity index (χ1v) is 8.19. The third kappa shape index (κ3) is 2.68. The highest BCUT2D eigenvalue weighted by molar-refractivity contribution is 7.89. The van der Waals surface area contributed by atoms with Crippen LogP contribution in [0.5, 0.6) is 5.75 Å². The van der Waals surface area contributed by atoms with Gasteiger partial charge in [-0.3, -0.25) is 0 Å². The van der Waals surface area contributed by atoms with Gasteiger partial charge in [0.15, 0.2) is 0 Å². The van der Waals surface area contributed by atoms with E-state index in [0.717, 1.165) is 17.5 Å². The fourth-order valence-electron chi connectivity index (χ4n) is 2.77. The van der Waals surface area contributed by atoms with E-state index in [2.05, 4.69) is 0 Å². The molecule has 0 saturated carbocycles. The van der Waals surface area contributed by atoms with Gasteiger partial charge in [-0.15, -0.1) is 0 Å². The fourth-order valence-corrected chi connectivity index (χ4v) is 4.71. The zero-order valence-corrected chi connectivity index (χ0v) is 13.0. The van der Waals surface area contributed by atoms with Crippen molar-refractivity contribution in [1.29, 1.82) is 0 Å². The number of methoxy groups -OCH3 is 1. The minimum atomic E-state index is -3.45. The zero-order chi connectivity index (χ0) is 14.9. The minimum absolute atomic E-state index is 0.267. The summed E-state index contributed by atoms with van der Waals surface area (Å²) in [5.41, 5.74) is 7.08. The SMILES string of the molecule is COc1cc(C)c(S(=O)(=O)N2CCC(CN)C2)c(C)c1. The Morgan fingerprint density at radius 2 is 1.95 bits per heavy atom. The highest BCUT2D eigenvalue weighted by Gasteiger charge is 2.33. The maximum absolute atomic E-state index is 12.8. The van der Waals surface area contributed by atoms with Gasteiger partial charge in [-0.05, 0) is 56.0 Å². The second kappa shape index (κ2) is 5.71. The molecule has 1 atom stereocenters. The molecule has 1 fully saturated rings. The number of benzene rings is 1. The molecular weight excluding hydrogens is 276 g/mol. The van der Waals surface area contributed by atoms with Crippen LogP contribution in [0.4, 0.5) is 0 Å². The molecule has 2 rings (SSSR count). The molecule has 0 aromatic heterocycles. The van der Waals surface area contributed by atoms with Crippen LogP contribution in [0.25, 0.3) is 0 Å². The summed E-state index contributed by atoms with van der Waals surface area (Å²) in [6.45, 7) is 5.21. The van der Waals surface area contributed by atoms with Crippen LogP contribution in [0.1, 0.15) is 17.5 Å². The zero-order valence-electron chi connectivity index (χ0n) is 12.2. The van der Waals surface area contributed by atoms with Gasteiger partial charge in [-0.2, -0.15) is 4.31 Å². The van der Waals surface area contributed by atoms with E-state index in [1.807, 2.05) is 0 Å². The third-order valence-electron chi connectivity index (χ3n) is 3.85. The smallest absolute Gasteiger partial charge is 0.243 e. The lowest BCUT2D eigenvalue weighted by atomic mass is 10.1. The summed E-state index contributed by atoms with van der Waals surface area (Å²) < 4.78 is 32.3. The molecule has 6 heteroatoms. The van der Waals surface area contributed by atoms with E-state index in [4.69, 9.17) is 10.5 Å². The van der Waals surface area contributed by atoms with Gasteiger partial charge < -0.3 is 10.5 Å². The van der Waals surface area contributed by atoms with Crippen molar-refractivity contribution in [2.24, 2.45) is 11.7 Å². The van der Waals surface area contributed by atoms with Crippen LogP contribution in [0.2, 0.25) is 0 Å². The van der Waals surface area contributed by atoms with Gasteiger partial charge in [-0.25, -0.2) is 8.42 Å². The average molecular weight is 298 g/mol. The summed E-state index contributed by atoms with van der Waals surface area (Å²) in [5, 5.41) is 0. The van der Waals surface area contributed by atoms with Crippen LogP contribution in [-0.2, 0) is 10.0 Å². The summed E-state index contributed by atoms with van der Waals surface area (Å²) in [7, 11) is -1.87. The first-order valence-electron chi connectivity index (χ1n) is 6.75. The number of rotatable bonds is 4. The number of ether oxygens (including phenoxy) is 1. The number of aryl methyl sites for hydroxylation is 2. The number of nitrogens with two attached hydrogens (primary N) is 1. The van der Waals surface area contributed by atoms with E-state index < -0.39 is 10.0 Å². The molecule has 0 bridgehead atoms. The van der Waals surface area contributed by atoms with Crippen molar-refractivity contribution in [1.82, 2.24) is 4.31 Å². The van der Waals surface area contributed by atoms with E-state index in [9.17, 15) is 8.42 Å². The Hall–Kier alpha value is -1.11. The van der Waals surface area contributed by atoms with Crippen LogP contribution < -0.4 is 10.5 Å². The second-order valence-corrected chi connectivity index (χ2v) is 7.22. The van der Waals surface area contributed by atoms with Gasteiger partial charge in [-0.1, -0.05) is 0 Å². The van der Waals surface area contributed by atoms with Gasteiger partial charge in [0.1, 0.15) is 5.75 Å². The summed E-state index contributed by atoms with van der Waals surface area (Å²) in [6.07, 6.45) is 0.837. The molecule has 20 heavy (non-hydrogen) atoms. The summed E-state index contributed by atoms with van der Waals surface area (Å²) >= 11 is 0. The lowest BCUT2D eigenvalue weighted by Crippen LogP contribution is -2.31. The molecule has 0 amide bonds. The normalized spacial score (nSPS) is 20.3. The van der Waals surface area contributed by atoms with Crippen molar-refractivity contribution in [3.8, 4) is 5.75 Å². The van der Waals surface area contributed by atoms with Gasteiger partial charge >= 0.3 is 0 Å². The van der Waals surface area contributed by atoms with Crippen LogP contribution in [-0.4, -0.2) is 39.5 Å². The molecule has 0 spiro atoms. The molecule has 1 aliphatic rings. The lowest BCUT2D eigenvalue weighted by Gasteiger charge is -2.20. The van der Waals surface area contributed by atoms with Gasteiger partial charge in [0, 0.05) is 13.1 Å². The number of nitrogens with zero attached hydrogens (tertiary/aromatic N) is 1. The molecule has 112 valence electrons. The number of hydrogen-bond donors (Lipinski definition) is 1. The highest BCUT2D eigenvalue weighted by atomic mass is 32.2. The molecular formula is C14H22N2O3S. The van der Waals surface area contributed by atoms with E-state index in [1.54, 1.807) is 37.4 Å². The molecule has 1 heterocycles. The molecule has 1 aliphatic heterocycles. The Balaban J connectivity index is 2.40. The standard InChI is InChI=1S/C14H22N2O3S/c1-10-6-13(19-3)7-11(2)14(10)20(17,18)16-5-4-12(8-15)9-16/h6-7,12H,4-5,8-9,15H2,1-3H3. The van der Waals surface area contributed by atoms with Gasteiger partial charge in [0.2, 0.25) is 10.0 Å². The Kier molecular flexibility index (Phi) is 4.36. The maximum atomic E-state index is 12.8. The molecule has 1 aromatic carbocycles. The molecule has 0 radical (unpaired) electrons. The Labute approximate surface area is 120 Å². The molecule has 1 aromatic rings. The van der Waals surface area contributed by atoms with Crippen molar-refractivity contribution >= 4 is 10.0 Å². The minimum Gasteiger partial charge on any atom is -0.497 e. The van der Waals surface area contributed by atoms with Crippen LogP contribution in [0.15, 0.2) is 17.0 Å². The number of hydrogen-bond acceptors (Lipinski definition) is 4. The quantitative estimate of drug-likeness (QED) is 0.909. The topological polar surface area (TPSA) is 72.6 Å². The Morgan fingerprint density at radius 3 is 2.40 bits per heavy atom. The summed E-state index contributed by atoms with van der Waals surface area (Å²) in [5.74, 6) is 0.948. The Morgan fingerprint density at radius 1 is 1.35 bits per heavy atom. The molecule has 5 nitrogen and oxygen atoms in total. The van der Waals surface area contributed by atoms with E-state index in [-0.39, 0.29) is 5.92 Å². The average Bonchev–Trinajstić information content (AvgIpc) is 2.86. The van der Waals surface area contributed by atoms with Crippen molar-refractivity contribution in [3.63, 3.8) is 0 Å². The first-order chi connectivity index (χ1) is 9.40. The van der Waals surface area contributed by atoms with Gasteiger partial charge in [0.05, 0.1) is 12.0 Å². The van der Waals surface area contributed by atoms with Crippen molar-refractivity contribution in [2.45, 2.75) is 25.2 Å². The molecule has 2 N–H and O–H groups in total. The predicted octanol–water partition coefficient (Wildman–Crippen LogP) is 1.28. The fraction of sp³-hybridized carbons (Fsp3) is 0.571. The summed E-state index contributed by atoms with van der Waals surface area (Å²) in [6, 6.07) is 3.52. The molecule has 0 aliphatic carbocycles. The maximum Gasteiger partial charge on any atom is 0.243 e. The van der Waals surface area contributed by atoms with Crippen molar-refractivity contribution in [2.75, 3.05) is 26.7 Å². The third-order valence-corrected chi connectivity index (χ3v) is 6.02. The molecule has 1 saturated heterocycles. The number of sulfonamides is 1. The first kappa shape index (κ1) is 15.3. The summed E-state index contributed by atoms with van der Waals surface area (Å²) in [4.78, 5) is 0.399. The monoisotopic (exact) mass is 298 g/mol. The Bertz CT molecular complexity index is 575. The lowest BCUT2D eigenvalue weighted by molar-refractivity contribution is 0.413. The van der Waals surface area contributed by atoms with Crippen LogP contribution in [0.3, 0.4) is 0 Å². The largest absolute Gasteiger partial charge is 0.497 e. The molecule has 1 unspecified atom stereocenters. The predicted molar refractivity (Wildman–Crippen MR) is 78.4 cm³/mol.